The first kappa shape index (κ1) is 20.1. The number of nitrogens with zero attached hydrogens (tertiary/aromatic N) is 5. The highest BCUT2D eigenvalue weighted by atomic mass is 79.9. The number of nitrogen functional groups attached to an aromatic ring is 1. The fraction of sp³-hybridized carbons (Fsp3) is 0.579. The summed E-state index contributed by atoms with van der Waals surface area (Å²) in [6.07, 6.45) is 6.70. The molecule has 1 saturated carbocycles. The fourth-order valence-electron chi connectivity index (χ4n) is 3.37. The average molecular weight is 465 g/mol. The van der Waals surface area contributed by atoms with Crippen molar-refractivity contribution >= 4 is 27.8 Å². The number of nitrogens with two attached hydrogens (primary N) is 1. The molecule has 29 heavy (non-hydrogen) atoms. The SMILES string of the molecule is CC(C)(C)OC(=O)N1C[C@H](Cn2cc(-c3cnc(N)c(Br)n3)cn2)OCC12CC2. The maximum absolute atomic E-state index is 12.7. The van der Waals surface area contributed by atoms with E-state index in [1.54, 1.807) is 17.1 Å². The van der Waals surface area contributed by atoms with Gasteiger partial charge in [-0.3, -0.25) is 9.58 Å². The van der Waals surface area contributed by atoms with E-state index in [-0.39, 0.29) is 17.7 Å². The van der Waals surface area contributed by atoms with E-state index in [1.165, 1.54) is 0 Å². The number of ether oxygens (including phenoxy) is 2. The number of hydrogen-bond acceptors (Lipinski definition) is 7. The van der Waals surface area contributed by atoms with Crippen molar-refractivity contribution in [3.8, 4) is 11.3 Å². The lowest BCUT2D eigenvalue weighted by molar-refractivity contribution is -0.0839. The molecule has 4 rings (SSSR count). The van der Waals surface area contributed by atoms with Crippen LogP contribution >= 0.6 is 15.9 Å². The molecule has 0 radical (unpaired) electrons. The number of morpholine rings is 1. The van der Waals surface area contributed by atoms with Gasteiger partial charge in [-0.25, -0.2) is 14.8 Å². The number of amides is 1. The predicted octanol–water partition coefficient (Wildman–Crippen LogP) is 2.85. The molecule has 0 bridgehead atoms. The third-order valence-corrected chi connectivity index (χ3v) is 5.65. The van der Waals surface area contributed by atoms with Gasteiger partial charge in [0.15, 0.2) is 5.82 Å². The zero-order chi connectivity index (χ0) is 20.8. The van der Waals surface area contributed by atoms with Crippen molar-refractivity contribution in [2.75, 3.05) is 18.9 Å². The van der Waals surface area contributed by atoms with Crippen LogP contribution in [0.1, 0.15) is 33.6 Å². The van der Waals surface area contributed by atoms with E-state index in [9.17, 15) is 4.79 Å². The summed E-state index contributed by atoms with van der Waals surface area (Å²) in [6.45, 7) is 7.18. The average Bonchev–Trinajstić information content (AvgIpc) is 3.25. The maximum atomic E-state index is 12.7. The lowest BCUT2D eigenvalue weighted by Crippen LogP contribution is -2.56. The summed E-state index contributed by atoms with van der Waals surface area (Å²) in [6, 6.07) is 0. The molecular formula is C19H25BrN6O3. The molecule has 1 saturated heterocycles. The molecule has 2 fully saturated rings. The summed E-state index contributed by atoms with van der Waals surface area (Å²) in [5.74, 6) is 0.341. The Bertz CT molecular complexity index is 921. The molecule has 0 aromatic carbocycles. The zero-order valence-corrected chi connectivity index (χ0v) is 18.3. The van der Waals surface area contributed by atoms with Gasteiger partial charge in [-0.15, -0.1) is 0 Å². The molecule has 10 heteroatoms. The van der Waals surface area contributed by atoms with E-state index >= 15 is 0 Å². The van der Waals surface area contributed by atoms with Crippen LogP contribution in [-0.2, 0) is 16.0 Å². The zero-order valence-electron chi connectivity index (χ0n) is 16.8. The summed E-state index contributed by atoms with van der Waals surface area (Å²) in [7, 11) is 0. The predicted molar refractivity (Wildman–Crippen MR) is 110 cm³/mol. The van der Waals surface area contributed by atoms with E-state index in [1.807, 2.05) is 31.9 Å². The molecule has 2 aliphatic rings. The van der Waals surface area contributed by atoms with Gasteiger partial charge in [0.2, 0.25) is 0 Å². The van der Waals surface area contributed by atoms with Crippen LogP contribution < -0.4 is 5.73 Å². The Morgan fingerprint density at radius 2 is 2.17 bits per heavy atom. The second-order valence-corrected chi connectivity index (χ2v) is 9.38. The van der Waals surface area contributed by atoms with Crippen molar-refractivity contribution in [1.82, 2.24) is 24.6 Å². The van der Waals surface area contributed by atoms with Gasteiger partial charge in [0.1, 0.15) is 10.2 Å². The fourth-order valence-corrected chi connectivity index (χ4v) is 3.67. The number of carbonyl (C=O) groups is 1. The second-order valence-electron chi connectivity index (χ2n) is 8.63. The maximum Gasteiger partial charge on any atom is 0.410 e. The van der Waals surface area contributed by atoms with Crippen molar-refractivity contribution in [2.24, 2.45) is 0 Å². The highest BCUT2D eigenvalue weighted by Crippen LogP contribution is 2.45. The number of aromatic nitrogens is 4. The summed E-state index contributed by atoms with van der Waals surface area (Å²) >= 11 is 3.29. The molecule has 9 nitrogen and oxygen atoms in total. The number of hydrogen-bond donors (Lipinski definition) is 1. The van der Waals surface area contributed by atoms with E-state index in [4.69, 9.17) is 15.2 Å². The lowest BCUT2D eigenvalue weighted by Gasteiger charge is -2.40. The van der Waals surface area contributed by atoms with Crippen LogP contribution in [0.3, 0.4) is 0 Å². The first-order chi connectivity index (χ1) is 13.7. The highest BCUT2D eigenvalue weighted by Gasteiger charge is 2.54. The van der Waals surface area contributed by atoms with Gasteiger partial charge < -0.3 is 15.2 Å². The minimum Gasteiger partial charge on any atom is -0.444 e. The Morgan fingerprint density at radius 3 is 2.83 bits per heavy atom. The molecule has 2 aromatic rings. The smallest absolute Gasteiger partial charge is 0.410 e. The monoisotopic (exact) mass is 464 g/mol. The number of rotatable bonds is 3. The van der Waals surface area contributed by atoms with Crippen LogP contribution in [0, 0.1) is 0 Å². The van der Waals surface area contributed by atoms with Crippen molar-refractivity contribution in [2.45, 2.75) is 57.4 Å². The molecule has 1 aliphatic carbocycles. The largest absolute Gasteiger partial charge is 0.444 e. The van der Waals surface area contributed by atoms with Crippen molar-refractivity contribution in [3.05, 3.63) is 23.2 Å². The second kappa shape index (κ2) is 7.24. The molecule has 2 N–H and O–H groups in total. The molecule has 1 aliphatic heterocycles. The molecule has 0 unspecified atom stereocenters. The Kier molecular flexibility index (Phi) is 5.02. The molecule has 1 spiro atoms. The van der Waals surface area contributed by atoms with Gasteiger partial charge in [-0.05, 0) is 49.5 Å². The van der Waals surface area contributed by atoms with Crippen LogP contribution in [0.5, 0.6) is 0 Å². The molecule has 156 valence electrons. The molecule has 1 amide bonds. The van der Waals surface area contributed by atoms with Crippen LogP contribution in [0.15, 0.2) is 23.2 Å². The van der Waals surface area contributed by atoms with Gasteiger partial charge in [0, 0.05) is 11.8 Å². The Morgan fingerprint density at radius 1 is 1.41 bits per heavy atom. The van der Waals surface area contributed by atoms with Crippen molar-refractivity contribution in [3.63, 3.8) is 0 Å². The molecular weight excluding hydrogens is 440 g/mol. The molecule has 3 heterocycles. The van der Waals surface area contributed by atoms with Gasteiger partial charge in [-0.2, -0.15) is 5.10 Å². The Hall–Kier alpha value is -2.20. The topological polar surface area (TPSA) is 108 Å². The van der Waals surface area contributed by atoms with Crippen LogP contribution in [0.2, 0.25) is 0 Å². The lowest BCUT2D eigenvalue weighted by atomic mass is 10.1. The number of anilines is 1. The third kappa shape index (κ3) is 4.37. The Balaban J connectivity index is 1.44. The summed E-state index contributed by atoms with van der Waals surface area (Å²) in [4.78, 5) is 23.0. The van der Waals surface area contributed by atoms with Crippen LogP contribution in [-0.4, -0.2) is 61.1 Å². The molecule has 2 aromatic heterocycles. The summed E-state index contributed by atoms with van der Waals surface area (Å²) in [5, 5.41) is 4.41. The first-order valence-corrected chi connectivity index (χ1v) is 10.4. The van der Waals surface area contributed by atoms with E-state index < -0.39 is 5.60 Å². The summed E-state index contributed by atoms with van der Waals surface area (Å²) < 4.78 is 14.0. The minimum atomic E-state index is -0.522. The molecule has 1 atom stereocenters. The standard InChI is InChI=1S/C19H25BrN6O3/c1-18(2,3)29-17(27)26-10-13(28-11-19(26)4-5-19)9-25-8-12(6-23-25)14-7-22-16(21)15(20)24-14/h6-8,13H,4-5,9-11H2,1-3H3,(H2,21,22)/t13-/m0/s1. The van der Waals surface area contributed by atoms with Crippen LogP contribution in [0.4, 0.5) is 10.6 Å². The van der Waals surface area contributed by atoms with E-state index in [0.717, 1.165) is 18.4 Å². The van der Waals surface area contributed by atoms with Gasteiger partial charge >= 0.3 is 6.09 Å². The quantitative estimate of drug-likeness (QED) is 0.743. The van der Waals surface area contributed by atoms with Crippen LogP contribution in [0.25, 0.3) is 11.3 Å². The minimum absolute atomic E-state index is 0.161. The summed E-state index contributed by atoms with van der Waals surface area (Å²) in [5.41, 5.74) is 6.49. The Labute approximate surface area is 177 Å². The number of halogens is 1. The van der Waals surface area contributed by atoms with Gasteiger partial charge in [0.25, 0.3) is 0 Å². The normalized spacial score (nSPS) is 20.7. The van der Waals surface area contributed by atoms with Crippen molar-refractivity contribution in [1.29, 1.82) is 0 Å². The number of carbonyl (C=O) groups excluding carboxylic acids is 1. The van der Waals surface area contributed by atoms with Gasteiger partial charge in [0.05, 0.1) is 49.4 Å². The highest BCUT2D eigenvalue weighted by molar-refractivity contribution is 9.10. The van der Waals surface area contributed by atoms with E-state index in [0.29, 0.717) is 35.8 Å². The third-order valence-electron chi connectivity index (χ3n) is 5.06. The van der Waals surface area contributed by atoms with Crippen molar-refractivity contribution < 1.29 is 14.3 Å². The van der Waals surface area contributed by atoms with E-state index in [2.05, 4.69) is 31.0 Å². The van der Waals surface area contributed by atoms with Gasteiger partial charge in [-0.1, -0.05) is 0 Å². The first-order valence-electron chi connectivity index (χ1n) is 9.58.